The summed E-state index contributed by atoms with van der Waals surface area (Å²) in [5.41, 5.74) is 3.32. The highest BCUT2D eigenvalue weighted by Gasteiger charge is 2.33. The van der Waals surface area contributed by atoms with Crippen molar-refractivity contribution in [2.24, 2.45) is 0 Å². The van der Waals surface area contributed by atoms with Crippen LogP contribution in [0.25, 0.3) is 0 Å². The molecule has 1 N–H and O–H groups in total. The molecule has 0 amide bonds. The van der Waals surface area contributed by atoms with E-state index in [0.717, 1.165) is 22.6 Å². The summed E-state index contributed by atoms with van der Waals surface area (Å²) in [5, 5.41) is 10.6. The van der Waals surface area contributed by atoms with Gasteiger partial charge in [-0.1, -0.05) is 60.7 Å². The van der Waals surface area contributed by atoms with Gasteiger partial charge in [0.15, 0.2) is 0 Å². The van der Waals surface area contributed by atoms with Crippen molar-refractivity contribution < 1.29 is 9.84 Å². The van der Waals surface area contributed by atoms with Crippen LogP contribution in [0.15, 0.2) is 78.9 Å². The number of aliphatic hydroxyl groups is 1. The Labute approximate surface area is 136 Å². The summed E-state index contributed by atoms with van der Waals surface area (Å²) in [6, 6.07) is 26.1. The molecule has 0 aliphatic heterocycles. The van der Waals surface area contributed by atoms with Crippen molar-refractivity contribution in [1.82, 2.24) is 0 Å². The van der Waals surface area contributed by atoms with Crippen molar-refractivity contribution in [3.63, 3.8) is 0 Å². The molecule has 114 valence electrons. The van der Waals surface area contributed by atoms with Crippen LogP contribution in [0.5, 0.6) is 11.5 Å². The molecule has 23 heavy (non-hydrogen) atoms. The van der Waals surface area contributed by atoms with Crippen LogP contribution < -0.4 is 4.74 Å². The number of benzene rings is 3. The molecule has 2 heteroatoms. The molecule has 0 unspecified atom stereocenters. The van der Waals surface area contributed by atoms with E-state index in [1.54, 1.807) is 0 Å². The molecule has 2 atom stereocenters. The van der Waals surface area contributed by atoms with E-state index in [4.69, 9.17) is 4.74 Å². The van der Waals surface area contributed by atoms with Crippen LogP contribution >= 0.6 is 0 Å². The first-order chi connectivity index (χ1) is 11.3. The Bertz CT molecular complexity index is 797. The molecule has 0 saturated heterocycles. The van der Waals surface area contributed by atoms with Gasteiger partial charge >= 0.3 is 0 Å². The van der Waals surface area contributed by atoms with Crippen LogP contribution in [-0.2, 0) is 0 Å². The number of hydrogen-bond acceptors (Lipinski definition) is 2. The maximum Gasteiger partial charge on any atom is 0.133 e. The van der Waals surface area contributed by atoms with E-state index < -0.39 is 6.10 Å². The Morgan fingerprint density at radius 1 is 0.783 bits per heavy atom. The van der Waals surface area contributed by atoms with Crippen molar-refractivity contribution in [2.75, 3.05) is 0 Å². The summed E-state index contributed by atoms with van der Waals surface area (Å²) >= 11 is 0. The highest BCUT2D eigenvalue weighted by atomic mass is 16.5. The molecule has 4 rings (SSSR count). The third-order valence-corrected chi connectivity index (χ3v) is 4.44. The van der Waals surface area contributed by atoms with Gasteiger partial charge in [0.05, 0.1) is 6.10 Å². The van der Waals surface area contributed by atoms with Crippen LogP contribution in [0.2, 0.25) is 0 Å². The average Bonchev–Trinajstić information content (AvgIpc) is 2.95. The molecule has 1 aliphatic rings. The Hall–Kier alpha value is -2.58. The molecule has 0 fully saturated rings. The minimum Gasteiger partial charge on any atom is -0.457 e. The summed E-state index contributed by atoms with van der Waals surface area (Å²) in [5.74, 6) is 1.76. The van der Waals surface area contributed by atoms with E-state index in [1.165, 1.54) is 5.56 Å². The lowest BCUT2D eigenvalue weighted by molar-refractivity contribution is 0.173. The summed E-state index contributed by atoms with van der Waals surface area (Å²) in [7, 11) is 0. The van der Waals surface area contributed by atoms with Crippen LogP contribution in [0, 0.1) is 0 Å². The van der Waals surface area contributed by atoms with Gasteiger partial charge in [0.2, 0.25) is 0 Å². The third kappa shape index (κ3) is 2.62. The zero-order valence-corrected chi connectivity index (χ0v) is 12.7. The molecule has 1 aliphatic carbocycles. The molecule has 0 radical (unpaired) electrons. The van der Waals surface area contributed by atoms with E-state index in [0.29, 0.717) is 6.42 Å². The molecule has 0 bridgehead atoms. The quantitative estimate of drug-likeness (QED) is 0.733. The van der Waals surface area contributed by atoms with E-state index in [-0.39, 0.29) is 5.92 Å². The second-order valence-corrected chi connectivity index (χ2v) is 5.89. The number of rotatable bonds is 3. The second kappa shape index (κ2) is 5.90. The average molecular weight is 302 g/mol. The minimum absolute atomic E-state index is 0.223. The molecule has 3 aromatic carbocycles. The van der Waals surface area contributed by atoms with Crippen molar-refractivity contribution >= 4 is 0 Å². The smallest absolute Gasteiger partial charge is 0.133 e. The van der Waals surface area contributed by atoms with E-state index in [2.05, 4.69) is 18.2 Å². The van der Waals surface area contributed by atoms with Gasteiger partial charge in [-0.25, -0.2) is 0 Å². The topological polar surface area (TPSA) is 29.5 Å². The Kier molecular flexibility index (Phi) is 3.60. The largest absolute Gasteiger partial charge is 0.457 e. The molecule has 0 spiro atoms. The fraction of sp³-hybridized carbons (Fsp3) is 0.143. The van der Waals surface area contributed by atoms with Crippen molar-refractivity contribution in [3.05, 3.63) is 95.6 Å². The fourth-order valence-electron chi connectivity index (χ4n) is 3.40. The number of para-hydroxylation sites is 1. The lowest BCUT2D eigenvalue weighted by Crippen LogP contribution is -1.96. The van der Waals surface area contributed by atoms with Gasteiger partial charge in [0.1, 0.15) is 11.5 Å². The number of ether oxygens (including phenoxy) is 1. The van der Waals surface area contributed by atoms with Gasteiger partial charge in [-0.2, -0.15) is 0 Å². The molecule has 0 saturated carbocycles. The Balaban J connectivity index is 1.74. The summed E-state index contributed by atoms with van der Waals surface area (Å²) < 4.78 is 6.02. The first-order valence-electron chi connectivity index (χ1n) is 7.91. The molecule has 0 heterocycles. The van der Waals surface area contributed by atoms with Gasteiger partial charge in [-0.05, 0) is 35.7 Å². The molecule has 0 aromatic heterocycles. The first kappa shape index (κ1) is 14.0. The second-order valence-electron chi connectivity index (χ2n) is 5.89. The Morgan fingerprint density at radius 3 is 2.22 bits per heavy atom. The van der Waals surface area contributed by atoms with E-state index in [9.17, 15) is 5.11 Å². The lowest BCUT2D eigenvalue weighted by Gasteiger charge is -2.14. The predicted octanol–water partition coefficient (Wildman–Crippen LogP) is 5.05. The standard InChI is InChI=1S/C21H18O2/c22-19-14-18(15-8-3-1-4-9-15)17-12-7-13-20(21(17)19)23-16-10-5-2-6-11-16/h1-13,18-19,22H,14H2/t18-,19+/m1/s1. The number of fused-ring (bicyclic) bond motifs is 1. The minimum atomic E-state index is -0.491. The molecule has 2 nitrogen and oxygen atoms in total. The zero-order chi connectivity index (χ0) is 15.6. The lowest BCUT2D eigenvalue weighted by atomic mass is 9.93. The number of hydrogen-bond donors (Lipinski definition) is 1. The fourth-order valence-corrected chi connectivity index (χ4v) is 3.40. The first-order valence-corrected chi connectivity index (χ1v) is 7.91. The SMILES string of the molecule is O[C@H]1C[C@H](c2ccccc2)c2cccc(Oc3ccccc3)c21. The van der Waals surface area contributed by atoms with Crippen LogP contribution in [-0.4, -0.2) is 5.11 Å². The maximum atomic E-state index is 10.6. The van der Waals surface area contributed by atoms with Crippen LogP contribution in [0.4, 0.5) is 0 Å². The van der Waals surface area contributed by atoms with Crippen LogP contribution in [0.3, 0.4) is 0 Å². The van der Waals surface area contributed by atoms with Crippen molar-refractivity contribution in [3.8, 4) is 11.5 Å². The normalized spacial score (nSPS) is 19.3. The molecule has 3 aromatic rings. The molecular formula is C21H18O2. The molecular weight excluding hydrogens is 284 g/mol. The summed E-state index contributed by atoms with van der Waals surface area (Å²) in [6.07, 6.45) is 0.212. The van der Waals surface area contributed by atoms with Gasteiger partial charge < -0.3 is 9.84 Å². The van der Waals surface area contributed by atoms with Crippen molar-refractivity contribution in [1.29, 1.82) is 0 Å². The number of aliphatic hydroxyl groups excluding tert-OH is 1. The van der Waals surface area contributed by atoms with Gasteiger partial charge in [0, 0.05) is 11.5 Å². The van der Waals surface area contributed by atoms with E-state index in [1.807, 2.05) is 60.7 Å². The maximum absolute atomic E-state index is 10.6. The van der Waals surface area contributed by atoms with Crippen molar-refractivity contribution in [2.45, 2.75) is 18.4 Å². The monoisotopic (exact) mass is 302 g/mol. The highest BCUT2D eigenvalue weighted by molar-refractivity contribution is 5.52. The third-order valence-electron chi connectivity index (χ3n) is 4.44. The van der Waals surface area contributed by atoms with Crippen LogP contribution in [0.1, 0.15) is 35.1 Å². The summed E-state index contributed by atoms with van der Waals surface area (Å²) in [4.78, 5) is 0. The highest BCUT2D eigenvalue weighted by Crippen LogP contribution is 2.48. The zero-order valence-electron chi connectivity index (χ0n) is 12.7. The Morgan fingerprint density at radius 2 is 1.48 bits per heavy atom. The van der Waals surface area contributed by atoms with Gasteiger partial charge in [0.25, 0.3) is 0 Å². The summed E-state index contributed by atoms with van der Waals surface area (Å²) in [6.45, 7) is 0. The van der Waals surface area contributed by atoms with Gasteiger partial charge in [-0.15, -0.1) is 0 Å². The van der Waals surface area contributed by atoms with E-state index >= 15 is 0 Å². The van der Waals surface area contributed by atoms with Gasteiger partial charge in [-0.3, -0.25) is 0 Å². The predicted molar refractivity (Wildman–Crippen MR) is 90.8 cm³/mol.